The molecule has 264 valence electrons. The third-order valence-corrected chi connectivity index (χ3v) is 10.1. The Morgan fingerprint density at radius 3 is 2.41 bits per heavy atom. The van der Waals surface area contributed by atoms with Gasteiger partial charge in [0.2, 0.25) is 0 Å². The van der Waals surface area contributed by atoms with Gasteiger partial charge in [-0.3, -0.25) is 28.3 Å². The van der Waals surface area contributed by atoms with Crippen LogP contribution < -0.4 is 15.1 Å². The molecular formula is C29H34FN5O12P2. The van der Waals surface area contributed by atoms with E-state index in [1.165, 1.54) is 35.7 Å². The van der Waals surface area contributed by atoms with E-state index in [0.717, 1.165) is 10.9 Å². The third kappa shape index (κ3) is 8.33. The predicted molar refractivity (Wildman–Crippen MR) is 167 cm³/mol. The number of phosphoric acid groups is 1. The number of aliphatic carboxylic acids is 1. The zero-order valence-electron chi connectivity index (χ0n) is 25.8. The van der Waals surface area contributed by atoms with E-state index < -0.39 is 71.5 Å². The summed E-state index contributed by atoms with van der Waals surface area (Å²) in [5.41, 5.74) is -1.70. The Balaban J connectivity index is 1.32. The van der Waals surface area contributed by atoms with E-state index in [1.807, 2.05) is 0 Å². The number of hydrogen-bond acceptors (Lipinski definition) is 12. The molecule has 4 aromatic rings. The molecule has 1 aliphatic heterocycles. The number of fused-ring (bicyclic) bond motifs is 1. The van der Waals surface area contributed by atoms with E-state index in [4.69, 9.17) is 28.2 Å². The highest BCUT2D eigenvalue weighted by Gasteiger charge is 2.57. The zero-order chi connectivity index (χ0) is 35.4. The van der Waals surface area contributed by atoms with Gasteiger partial charge in [0.1, 0.15) is 61.0 Å². The maximum absolute atomic E-state index is 14.7. The van der Waals surface area contributed by atoms with E-state index in [-0.39, 0.29) is 29.1 Å². The number of benzene rings is 2. The molecule has 0 radical (unpaired) electrons. The molecule has 2 aromatic carbocycles. The van der Waals surface area contributed by atoms with Crippen LogP contribution in [0.15, 0.2) is 79.1 Å². The van der Waals surface area contributed by atoms with Gasteiger partial charge in [-0.15, -0.1) is 0 Å². The van der Waals surface area contributed by atoms with Gasteiger partial charge < -0.3 is 29.5 Å². The summed E-state index contributed by atoms with van der Waals surface area (Å²) in [6, 6.07) is 17.7. The van der Waals surface area contributed by atoms with Crippen LogP contribution in [0, 0.1) is 5.41 Å². The number of aromatic nitrogens is 3. The number of phosphoric ester groups is 1. The van der Waals surface area contributed by atoms with Crippen molar-refractivity contribution in [3.63, 3.8) is 0 Å². The summed E-state index contributed by atoms with van der Waals surface area (Å²) in [6.07, 6.45) is -4.06. The second-order valence-corrected chi connectivity index (χ2v) is 14.2. The first-order chi connectivity index (χ1) is 23.3. The summed E-state index contributed by atoms with van der Waals surface area (Å²) in [5.74, 6) is -1.35. The van der Waals surface area contributed by atoms with Gasteiger partial charge in [0, 0.05) is 0 Å². The van der Waals surface area contributed by atoms with Gasteiger partial charge in [-0.2, -0.15) is 10.2 Å². The van der Waals surface area contributed by atoms with Gasteiger partial charge in [-0.25, -0.2) is 18.0 Å². The Kier molecular flexibility index (Phi) is 11.2. The number of nitrogens with one attached hydrogen (secondary N) is 2. The number of aliphatic hydroxyl groups is 2. The average molecular weight is 726 g/mol. The predicted octanol–water partition coefficient (Wildman–Crippen LogP) is 2.67. The van der Waals surface area contributed by atoms with Crippen molar-refractivity contribution in [1.82, 2.24) is 19.3 Å². The Labute approximate surface area is 278 Å². The SMILES string of the molecule is CC(NP(=O)(OC[C@@]1(CF)O[C@@H](c2ccc3c(=N)n(COP(=O)(O)OCc4ccccc4)cnn23)[C@H](O)[C@@H]1O)Oc1ccccc1)C(=O)O. The molecule has 17 nitrogen and oxygen atoms in total. The van der Waals surface area contributed by atoms with Gasteiger partial charge in [0.05, 0.1) is 18.9 Å². The van der Waals surface area contributed by atoms with Crippen LogP contribution in [-0.2, 0) is 45.6 Å². The van der Waals surface area contributed by atoms with Crippen LogP contribution in [0.4, 0.5) is 4.39 Å². The van der Waals surface area contributed by atoms with Crippen LogP contribution in [0.2, 0.25) is 0 Å². The van der Waals surface area contributed by atoms with E-state index in [9.17, 15) is 38.5 Å². The lowest BCUT2D eigenvalue weighted by Gasteiger charge is -2.31. The Bertz CT molecular complexity index is 1920. The summed E-state index contributed by atoms with van der Waals surface area (Å²) in [4.78, 5) is 21.6. The molecule has 0 spiro atoms. The van der Waals surface area contributed by atoms with Crippen molar-refractivity contribution in [3.05, 3.63) is 95.9 Å². The monoisotopic (exact) mass is 725 g/mol. The molecule has 1 aliphatic rings. The van der Waals surface area contributed by atoms with E-state index in [0.29, 0.717) is 5.56 Å². The van der Waals surface area contributed by atoms with Crippen molar-refractivity contribution in [3.8, 4) is 5.75 Å². The number of ether oxygens (including phenoxy) is 1. The Hall–Kier alpha value is -3.80. The molecule has 3 heterocycles. The van der Waals surface area contributed by atoms with Gasteiger partial charge in [-0.05, 0) is 36.8 Å². The maximum atomic E-state index is 14.7. The van der Waals surface area contributed by atoms with Gasteiger partial charge in [0.25, 0.3) is 0 Å². The topological polar surface area (TPSA) is 236 Å². The number of para-hydroxylation sites is 1. The van der Waals surface area contributed by atoms with E-state index in [1.54, 1.807) is 48.5 Å². The van der Waals surface area contributed by atoms with E-state index in [2.05, 4.69) is 10.2 Å². The van der Waals surface area contributed by atoms with Crippen molar-refractivity contribution in [2.45, 2.75) is 50.2 Å². The molecule has 0 amide bonds. The fourth-order valence-electron chi connectivity index (χ4n) is 4.86. The van der Waals surface area contributed by atoms with Crippen molar-refractivity contribution in [2.75, 3.05) is 13.3 Å². The summed E-state index contributed by atoms with van der Waals surface area (Å²) >= 11 is 0. The lowest BCUT2D eigenvalue weighted by atomic mass is 9.96. The standard InChI is InChI=1S/C29H34FN5O12P2/c1-19(28(38)39)33-48(40,47-21-10-6-3-7-11-21)44-16-29(15-30)26(37)24(36)25(46-29)22-12-13-23-27(31)34(17-32-35(22)23)18-45-49(41,42)43-14-20-8-4-2-5-9-20/h2-13,17,19,24-26,31,36-37H,14-16,18H2,1H3,(H,33,40)(H,38,39)(H,41,42)/t19?,24-,25-,26-,29+,48?/m0/s1. The lowest BCUT2D eigenvalue weighted by Crippen LogP contribution is -2.49. The zero-order valence-corrected chi connectivity index (χ0v) is 27.6. The minimum absolute atomic E-state index is 0.0390. The van der Waals surface area contributed by atoms with Crippen LogP contribution in [0.25, 0.3) is 5.52 Å². The van der Waals surface area contributed by atoms with Gasteiger partial charge >= 0.3 is 21.5 Å². The average Bonchev–Trinajstić information content (AvgIpc) is 3.62. The molecule has 0 bridgehead atoms. The second kappa shape index (κ2) is 15.0. The number of aliphatic hydroxyl groups excluding tert-OH is 2. The van der Waals surface area contributed by atoms with Crippen molar-refractivity contribution >= 4 is 27.1 Å². The highest BCUT2D eigenvalue weighted by Crippen LogP contribution is 2.49. The first kappa shape index (κ1) is 36.5. The Morgan fingerprint density at radius 2 is 1.76 bits per heavy atom. The van der Waals surface area contributed by atoms with Gasteiger partial charge in [-0.1, -0.05) is 48.5 Å². The Morgan fingerprint density at radius 1 is 1.08 bits per heavy atom. The smallest absolute Gasteiger partial charge is 0.474 e. The molecular weight excluding hydrogens is 691 g/mol. The molecule has 6 N–H and O–H groups in total. The van der Waals surface area contributed by atoms with Crippen molar-refractivity contribution in [2.24, 2.45) is 0 Å². The molecule has 49 heavy (non-hydrogen) atoms. The minimum atomic E-state index is -4.55. The van der Waals surface area contributed by atoms with E-state index >= 15 is 0 Å². The first-order valence-electron chi connectivity index (χ1n) is 14.6. The molecule has 1 saturated heterocycles. The van der Waals surface area contributed by atoms with Crippen LogP contribution >= 0.6 is 15.6 Å². The number of hydrogen-bond donors (Lipinski definition) is 6. The fourth-order valence-corrected chi connectivity index (χ4v) is 7.07. The van der Waals surface area contributed by atoms with Gasteiger partial charge in [0.15, 0.2) is 5.49 Å². The largest absolute Gasteiger partial charge is 0.480 e. The third-order valence-electron chi connectivity index (χ3n) is 7.54. The number of carboxylic acids is 1. The van der Waals surface area contributed by atoms with Crippen LogP contribution in [0.3, 0.4) is 0 Å². The number of halogens is 1. The molecule has 3 unspecified atom stereocenters. The molecule has 1 fully saturated rings. The first-order valence-corrected chi connectivity index (χ1v) is 17.7. The lowest BCUT2D eigenvalue weighted by molar-refractivity contribution is -0.138. The van der Waals surface area contributed by atoms with Crippen molar-refractivity contribution in [1.29, 1.82) is 5.41 Å². The van der Waals surface area contributed by atoms with Crippen molar-refractivity contribution < 1.29 is 61.4 Å². The van der Waals surface area contributed by atoms with Crippen LogP contribution in [0.1, 0.15) is 24.3 Å². The number of rotatable bonds is 16. The second-order valence-electron chi connectivity index (χ2n) is 11.0. The molecule has 0 aliphatic carbocycles. The minimum Gasteiger partial charge on any atom is -0.480 e. The number of carbonyl (C=O) groups is 1. The number of alkyl halides is 1. The summed E-state index contributed by atoms with van der Waals surface area (Å²) in [5, 5.41) is 46.3. The maximum Gasteiger partial charge on any atom is 0.474 e. The highest BCUT2D eigenvalue weighted by atomic mass is 31.2. The molecule has 7 atom stereocenters. The molecule has 20 heteroatoms. The molecule has 2 aromatic heterocycles. The molecule has 0 saturated carbocycles. The number of nitrogens with zero attached hydrogens (tertiary/aromatic N) is 3. The number of carboxylic acid groups (broad SMARTS) is 1. The van der Waals surface area contributed by atoms with Crippen LogP contribution in [-0.4, -0.2) is 77.5 Å². The fraction of sp³-hybridized carbons (Fsp3) is 0.345. The quantitative estimate of drug-likeness (QED) is 0.0912. The highest BCUT2D eigenvalue weighted by molar-refractivity contribution is 7.52. The summed E-state index contributed by atoms with van der Waals surface area (Å²) in [6.45, 7) is -1.99. The summed E-state index contributed by atoms with van der Waals surface area (Å²) < 4.78 is 69.8. The molecule has 5 rings (SSSR count). The normalized spacial score (nSPS) is 23.9. The van der Waals surface area contributed by atoms with Crippen LogP contribution in [0.5, 0.6) is 5.75 Å². The summed E-state index contributed by atoms with van der Waals surface area (Å²) in [7, 11) is -9.08.